The molecular weight excluding hydrogens is 1820 g/mol. The number of carbonyl (C=O) groups is 7. The number of nitrogen functional groups attached to an aromatic ring is 2. The number of esters is 2. The Morgan fingerprint density at radius 2 is 0.878 bits per heavy atom. The standard InChI is InChI=1S/C28H26N4O3.C19H18N2O2.C16H13NO2.C16H16O3.C11H15N3O.C9H10O3.C7H7Br.C5H13NO2/c1-18-10-11-21(28(34)31-22-12-13-22)15-25(18)32-27(29)24(16-30-32)26(33)20-8-5-9-23(14-20)35-17-19-6-3-2-4-7-19;1-21(2)13-17(12-20)19(22)16-9-6-10-18(11-16)23-14-15-7-4-3-5-8-15;17-10-9-16(18)14-7-4-8-15(11-14)19-12-13-5-2-1-3-6-13;1-2-18-16(17)14-9-6-10-15(11-14)19-12-13-7-4-3-5-8-13;1-7-2-3-8(6-10(7)14-12)11(15)13-9-4-5-9;1-2-12-9(11)7-4-3-5-8(10)6-7;8-6-7-4-2-1-3-5-7;1-6(2)5(7-3)8-4/h2-11,14-16,22H,12-13,17,29H2,1H3,(H,31,34);3-11,13H,14H2,1-2H3;1-8,11H,9,12H2;3-11H,2,12H2,1H3;2-3,6,9,14H,4-5,12H2,1H3,(H,13,15);3-6,10H,2H2,1H3;1-5H,6H2;5H,1-4H3. The number of ether oxygens (including phenoxy) is 8. The number of amides is 2. The Morgan fingerprint density at radius 1 is 0.489 bits per heavy atom. The largest absolute Gasteiger partial charge is 0.508 e. The number of halogens is 1. The Bertz CT molecular complexity index is 6180. The lowest BCUT2D eigenvalue weighted by Gasteiger charge is -2.19. The number of hydrogen-bond acceptors (Lipinski definition) is 24. The van der Waals surface area contributed by atoms with Crippen LogP contribution in [-0.4, -0.2) is 140 Å². The van der Waals surface area contributed by atoms with E-state index in [-0.39, 0.29) is 76.7 Å². The van der Waals surface area contributed by atoms with Crippen molar-refractivity contribution in [1.29, 1.82) is 10.5 Å². The molecular formula is C111H118BrN11O16. The summed E-state index contributed by atoms with van der Waals surface area (Å²) in [4.78, 5) is 87.6. The van der Waals surface area contributed by atoms with E-state index in [1.807, 2.05) is 215 Å². The number of phenols is 1. The quantitative estimate of drug-likeness (QED) is 0.00325. The van der Waals surface area contributed by atoms with Crippen LogP contribution >= 0.6 is 15.9 Å². The van der Waals surface area contributed by atoms with Gasteiger partial charge < -0.3 is 69.7 Å². The van der Waals surface area contributed by atoms with E-state index < -0.39 is 5.97 Å². The highest BCUT2D eigenvalue weighted by Crippen LogP contribution is 2.29. The fraction of sp³-hybridized carbons (Fsp3) is 0.225. The van der Waals surface area contributed by atoms with Gasteiger partial charge in [-0.15, -0.1) is 0 Å². The summed E-state index contributed by atoms with van der Waals surface area (Å²) >= 11 is 3.36. The van der Waals surface area contributed by atoms with E-state index in [0.717, 1.165) is 70.1 Å². The molecule has 1 heterocycles. The lowest BCUT2D eigenvalue weighted by molar-refractivity contribution is -0.179. The monoisotopic (exact) mass is 1940 g/mol. The van der Waals surface area contributed by atoms with Crippen LogP contribution in [0.15, 0.2) is 327 Å². The Balaban J connectivity index is 0.000000203. The number of carbonyl (C=O) groups excluding carboxylic acids is 7. The highest BCUT2D eigenvalue weighted by atomic mass is 79.9. The second-order valence-electron chi connectivity index (χ2n) is 31.6. The van der Waals surface area contributed by atoms with Crippen LogP contribution in [0, 0.1) is 36.5 Å². The van der Waals surface area contributed by atoms with Gasteiger partial charge in [0.05, 0.1) is 60.0 Å². The number of ketones is 3. The van der Waals surface area contributed by atoms with Crippen LogP contribution in [0.3, 0.4) is 0 Å². The van der Waals surface area contributed by atoms with Crippen molar-refractivity contribution in [1.82, 2.24) is 30.2 Å². The molecule has 720 valence electrons. The third-order valence-electron chi connectivity index (χ3n) is 20.1. The Labute approximate surface area is 821 Å². The minimum Gasteiger partial charge on any atom is -0.508 e. The van der Waals surface area contributed by atoms with E-state index in [1.54, 1.807) is 162 Å². The van der Waals surface area contributed by atoms with E-state index in [9.17, 15) is 33.6 Å². The number of nitrogens with one attached hydrogen (secondary N) is 3. The van der Waals surface area contributed by atoms with Crippen LogP contribution in [0.25, 0.3) is 5.69 Å². The molecule has 27 nitrogen and oxygen atoms in total. The number of anilines is 2. The molecule has 0 saturated heterocycles. The summed E-state index contributed by atoms with van der Waals surface area (Å²) in [6, 6.07) is 98.8. The molecule has 0 spiro atoms. The molecule has 2 aliphatic carbocycles. The third-order valence-corrected chi connectivity index (χ3v) is 20.7. The number of aromatic nitrogens is 2. The van der Waals surface area contributed by atoms with Crippen molar-refractivity contribution in [2.75, 3.05) is 66.8 Å². The smallest absolute Gasteiger partial charge is 0.338 e. The van der Waals surface area contributed by atoms with Gasteiger partial charge in [0, 0.05) is 79.7 Å². The van der Waals surface area contributed by atoms with Gasteiger partial charge in [-0.1, -0.05) is 228 Å². The maximum Gasteiger partial charge on any atom is 0.338 e. The van der Waals surface area contributed by atoms with Crippen molar-refractivity contribution in [3.8, 4) is 46.6 Å². The molecule has 15 rings (SSSR count). The van der Waals surface area contributed by atoms with Crippen molar-refractivity contribution in [2.45, 2.75) is 110 Å². The molecule has 0 radical (unpaired) electrons. The van der Waals surface area contributed by atoms with E-state index in [0.29, 0.717) is 113 Å². The third kappa shape index (κ3) is 38.5. The summed E-state index contributed by atoms with van der Waals surface area (Å²) in [6.07, 6.45) is 6.88. The van der Waals surface area contributed by atoms with E-state index >= 15 is 0 Å². The van der Waals surface area contributed by atoms with Crippen molar-refractivity contribution >= 4 is 68.5 Å². The van der Waals surface area contributed by atoms with Gasteiger partial charge in [-0.2, -0.15) is 15.6 Å². The Hall–Kier alpha value is -15.8. The van der Waals surface area contributed by atoms with E-state index in [2.05, 4.69) is 49.2 Å². The number of benzene rings is 12. The first-order chi connectivity index (χ1) is 67.3. The minimum absolute atomic E-state index is 0.0194. The maximum atomic E-state index is 13.3. The van der Waals surface area contributed by atoms with Crippen molar-refractivity contribution < 1.29 is 76.6 Å². The molecule has 2 amide bonds. The first kappa shape index (κ1) is 109. The van der Waals surface area contributed by atoms with E-state index in [1.165, 1.54) is 34.8 Å². The van der Waals surface area contributed by atoms with Crippen LogP contribution in [0.2, 0.25) is 0 Å². The zero-order valence-electron chi connectivity index (χ0n) is 79.6. The average Bonchev–Trinajstić information content (AvgIpc) is 1.65. The minimum atomic E-state index is -0.409. The molecule has 0 aliphatic heterocycles. The molecule has 139 heavy (non-hydrogen) atoms. The summed E-state index contributed by atoms with van der Waals surface area (Å²) in [5.74, 6) is 6.50. The van der Waals surface area contributed by atoms with Crippen molar-refractivity contribution in [2.24, 2.45) is 5.84 Å². The molecule has 2 fully saturated rings. The molecule has 0 atom stereocenters. The number of aryl methyl sites for hydroxylation is 2. The van der Waals surface area contributed by atoms with Gasteiger partial charge in [0.1, 0.15) is 72.6 Å². The zero-order chi connectivity index (χ0) is 100. The summed E-state index contributed by atoms with van der Waals surface area (Å²) in [5, 5.41) is 37.9. The topological polar surface area (TPSA) is 374 Å². The number of hydrazine groups is 1. The van der Waals surface area contributed by atoms with E-state index in [4.69, 9.17) is 65.1 Å². The van der Waals surface area contributed by atoms with Gasteiger partial charge in [0.25, 0.3) is 11.8 Å². The number of hydrogen-bond donors (Lipinski definition) is 6. The number of alkyl halides is 1. The number of Topliss-reactive ketones (excluding diaryl/α,β-unsaturated/α-hetero) is 2. The van der Waals surface area contributed by atoms with Crippen LogP contribution in [0.5, 0.6) is 28.7 Å². The van der Waals surface area contributed by atoms with Crippen molar-refractivity contribution in [3.63, 3.8) is 0 Å². The Morgan fingerprint density at radius 3 is 1.26 bits per heavy atom. The normalized spacial score (nSPS) is 11.3. The number of rotatable bonds is 33. The number of allylic oxidation sites excluding steroid dienone is 1. The maximum absolute atomic E-state index is 13.3. The van der Waals surface area contributed by atoms with Gasteiger partial charge >= 0.3 is 11.9 Å². The van der Waals surface area contributed by atoms with Crippen LogP contribution in [-0.2, 0) is 50.7 Å². The summed E-state index contributed by atoms with van der Waals surface area (Å²) in [6.45, 7) is 9.85. The number of nitriles is 2. The predicted molar refractivity (Wildman–Crippen MR) is 542 cm³/mol. The number of phenolic OH excluding ortho intramolecular Hbond substituents is 1. The molecule has 13 aromatic rings. The number of aromatic hydroxyl groups is 1. The van der Waals surface area contributed by atoms with Crippen LogP contribution < -0.4 is 46.6 Å². The number of methoxy groups -OCH3 is 2. The Kier molecular flexibility index (Phi) is 46.2. The molecule has 0 bridgehead atoms. The predicted octanol–water partition coefficient (Wildman–Crippen LogP) is 20.1. The summed E-state index contributed by atoms with van der Waals surface area (Å²) < 4.78 is 43.8. The highest BCUT2D eigenvalue weighted by molar-refractivity contribution is 9.08. The number of nitrogens with zero attached hydrogens (tertiary/aromatic N) is 6. The number of nitrogens with two attached hydrogens (primary N) is 2. The molecule has 2 aliphatic rings. The van der Waals surface area contributed by atoms with Gasteiger partial charge in [-0.3, -0.25) is 34.7 Å². The summed E-state index contributed by atoms with van der Waals surface area (Å²) in [7, 11) is 10.5. The summed E-state index contributed by atoms with van der Waals surface area (Å²) in [5.41, 5.74) is 21.7. The second-order valence-corrected chi connectivity index (χ2v) is 32.2. The fourth-order valence-electron chi connectivity index (χ4n) is 12.5. The molecule has 8 N–H and O–H groups in total. The lowest BCUT2D eigenvalue weighted by Crippen LogP contribution is -2.30. The van der Waals surface area contributed by atoms with Gasteiger partial charge in [0.15, 0.2) is 11.6 Å². The molecule has 12 aromatic carbocycles. The van der Waals surface area contributed by atoms with Crippen LogP contribution in [0.4, 0.5) is 11.5 Å². The fourth-order valence-corrected chi connectivity index (χ4v) is 12.9. The van der Waals surface area contributed by atoms with Gasteiger partial charge in [-0.25, -0.2) is 14.3 Å². The van der Waals surface area contributed by atoms with Crippen LogP contribution in [0.1, 0.15) is 163 Å². The lowest BCUT2D eigenvalue weighted by atomic mass is 10.0. The first-order valence-electron chi connectivity index (χ1n) is 44.7. The molecule has 1 aromatic heterocycles. The zero-order valence-corrected chi connectivity index (χ0v) is 81.2. The SMILES string of the molecule is BrCc1ccccc1.CCOC(=O)c1cccc(O)c1.CCOC(=O)c1cccc(OCc2ccccc2)c1.CN(C)C=C(C#N)C(=O)c1cccc(OCc2ccccc2)c1.COC(OC)N(C)C.Cc1ccc(C(=O)NC2CC2)cc1-n1ncc(C(=O)c2cccc(OCc3ccccc3)c2)c1N.Cc1ccc(C(=O)NC2CC2)cc1NN.N#CCC(=O)c1cccc(OCc2ccccc2)c1. The van der Waals surface area contributed by atoms with Crippen molar-refractivity contribution in [3.05, 3.63) is 411 Å². The molecule has 2 saturated carbocycles. The van der Waals surface area contributed by atoms with Gasteiger partial charge in [-0.05, 0) is 203 Å². The molecule has 0 unspecified atom stereocenters. The second kappa shape index (κ2) is 59.1. The highest BCUT2D eigenvalue weighted by Gasteiger charge is 2.27. The van der Waals surface area contributed by atoms with Gasteiger partial charge in [0.2, 0.25) is 12.2 Å². The average molecular weight is 1940 g/mol. The molecule has 28 heteroatoms. The first-order valence-corrected chi connectivity index (χ1v) is 45.8.